The summed E-state index contributed by atoms with van der Waals surface area (Å²) in [5.41, 5.74) is 1.30. The van der Waals surface area contributed by atoms with Crippen LogP contribution in [0.2, 0.25) is 0 Å². The molecule has 2 heterocycles. The number of carbonyl (C=O) groups is 2. The van der Waals surface area contributed by atoms with E-state index in [0.29, 0.717) is 32.5 Å². The van der Waals surface area contributed by atoms with Crippen LogP contribution in [0.1, 0.15) is 31.2 Å². The normalized spacial score (nSPS) is 21.9. The van der Waals surface area contributed by atoms with Crippen molar-refractivity contribution in [2.24, 2.45) is 5.92 Å². The van der Waals surface area contributed by atoms with Crippen LogP contribution in [0.4, 0.5) is 0 Å². The van der Waals surface area contributed by atoms with Gasteiger partial charge in [-0.2, -0.15) is 0 Å². The minimum absolute atomic E-state index is 0.0486. The summed E-state index contributed by atoms with van der Waals surface area (Å²) < 4.78 is 5.44. The Hall–Kier alpha value is -1.88. The first kappa shape index (κ1) is 17.9. The number of piperidine rings is 1. The minimum atomic E-state index is -0.0486. The maximum atomic E-state index is 12.8. The van der Waals surface area contributed by atoms with Gasteiger partial charge in [-0.15, -0.1) is 0 Å². The van der Waals surface area contributed by atoms with Crippen LogP contribution in [0.5, 0.6) is 0 Å². The minimum Gasteiger partial charge on any atom is -0.380 e. The molecule has 0 spiro atoms. The van der Waals surface area contributed by atoms with Crippen LogP contribution in [-0.2, 0) is 20.7 Å². The van der Waals surface area contributed by atoms with Crippen LogP contribution in [-0.4, -0.2) is 61.0 Å². The maximum absolute atomic E-state index is 12.8. The zero-order valence-electron chi connectivity index (χ0n) is 14.9. The smallest absolute Gasteiger partial charge is 0.227 e. The molecule has 5 nitrogen and oxygen atoms in total. The van der Waals surface area contributed by atoms with E-state index in [4.69, 9.17) is 4.74 Å². The van der Waals surface area contributed by atoms with Gasteiger partial charge < -0.3 is 14.5 Å². The Morgan fingerprint density at radius 3 is 2.84 bits per heavy atom. The molecule has 2 fully saturated rings. The molecule has 2 saturated heterocycles. The van der Waals surface area contributed by atoms with Crippen molar-refractivity contribution in [3.63, 3.8) is 0 Å². The van der Waals surface area contributed by atoms with Gasteiger partial charge in [-0.25, -0.2) is 0 Å². The summed E-state index contributed by atoms with van der Waals surface area (Å²) in [6.07, 6.45) is 3.98. The molecule has 1 aromatic carbocycles. The molecule has 3 rings (SSSR count). The Bertz CT molecular complexity index is 568. The number of hydrogen-bond acceptors (Lipinski definition) is 3. The summed E-state index contributed by atoms with van der Waals surface area (Å²) in [7, 11) is 0. The number of aryl methyl sites for hydroxylation is 1. The lowest BCUT2D eigenvalue weighted by atomic mass is 9.95. The quantitative estimate of drug-likeness (QED) is 0.822. The average molecular weight is 344 g/mol. The molecule has 0 aliphatic carbocycles. The SMILES string of the molecule is O=C1CC[C@@H](C(=O)N2CCCOCC2)CN1CCCc1ccccc1. The number of benzene rings is 1. The maximum Gasteiger partial charge on any atom is 0.227 e. The van der Waals surface area contributed by atoms with Crippen LogP contribution >= 0.6 is 0 Å². The Labute approximate surface area is 149 Å². The standard InChI is InChI=1S/C20H28N2O3/c23-19-10-9-18(20(24)21-12-5-14-25-15-13-21)16-22(19)11-4-8-17-6-2-1-3-7-17/h1-3,6-7,18H,4-5,8-16H2/t18-/m1/s1. The van der Waals surface area contributed by atoms with Gasteiger partial charge in [0.25, 0.3) is 0 Å². The van der Waals surface area contributed by atoms with Crippen LogP contribution in [0.25, 0.3) is 0 Å². The van der Waals surface area contributed by atoms with Gasteiger partial charge in [0.15, 0.2) is 0 Å². The molecule has 2 aliphatic heterocycles. The van der Waals surface area contributed by atoms with E-state index in [1.165, 1.54) is 5.56 Å². The molecule has 1 atom stereocenters. The summed E-state index contributed by atoms with van der Waals surface area (Å²) in [4.78, 5) is 28.8. The monoisotopic (exact) mass is 344 g/mol. The van der Waals surface area contributed by atoms with E-state index in [2.05, 4.69) is 12.1 Å². The van der Waals surface area contributed by atoms with Gasteiger partial charge in [-0.3, -0.25) is 9.59 Å². The second-order valence-electron chi connectivity index (χ2n) is 6.96. The van der Waals surface area contributed by atoms with Crippen molar-refractivity contribution < 1.29 is 14.3 Å². The molecule has 2 amide bonds. The topological polar surface area (TPSA) is 49.9 Å². The van der Waals surface area contributed by atoms with E-state index in [1.54, 1.807) is 0 Å². The molecule has 0 N–H and O–H groups in total. The summed E-state index contributed by atoms with van der Waals surface area (Å²) in [5, 5.41) is 0. The molecule has 0 radical (unpaired) electrons. The second-order valence-corrected chi connectivity index (χ2v) is 6.96. The fraction of sp³-hybridized carbons (Fsp3) is 0.600. The summed E-state index contributed by atoms with van der Waals surface area (Å²) in [6.45, 7) is 4.12. The van der Waals surface area contributed by atoms with Crippen LogP contribution in [0.3, 0.4) is 0 Å². The summed E-state index contributed by atoms with van der Waals surface area (Å²) >= 11 is 0. The van der Waals surface area contributed by atoms with Crippen molar-refractivity contribution in [2.75, 3.05) is 39.4 Å². The van der Waals surface area contributed by atoms with Gasteiger partial charge in [0.05, 0.1) is 12.5 Å². The largest absolute Gasteiger partial charge is 0.380 e. The van der Waals surface area contributed by atoms with Crippen molar-refractivity contribution in [2.45, 2.75) is 32.1 Å². The third-order valence-corrected chi connectivity index (χ3v) is 5.12. The van der Waals surface area contributed by atoms with Crippen molar-refractivity contribution in [3.05, 3.63) is 35.9 Å². The number of likely N-dealkylation sites (tertiary alicyclic amines) is 1. The highest BCUT2D eigenvalue weighted by Gasteiger charge is 2.32. The van der Waals surface area contributed by atoms with Gasteiger partial charge in [0, 0.05) is 39.2 Å². The zero-order valence-corrected chi connectivity index (χ0v) is 14.9. The number of carbonyl (C=O) groups excluding carboxylic acids is 2. The number of rotatable bonds is 5. The molecule has 0 aromatic heterocycles. The van der Waals surface area contributed by atoms with E-state index in [0.717, 1.165) is 39.0 Å². The third kappa shape index (κ3) is 5.05. The van der Waals surface area contributed by atoms with E-state index in [-0.39, 0.29) is 17.7 Å². The summed E-state index contributed by atoms with van der Waals surface area (Å²) in [6, 6.07) is 10.3. The Balaban J connectivity index is 1.50. The highest BCUT2D eigenvalue weighted by Crippen LogP contribution is 2.21. The predicted octanol–water partition coefficient (Wildman–Crippen LogP) is 2.11. The highest BCUT2D eigenvalue weighted by molar-refractivity contribution is 5.83. The number of hydrogen-bond donors (Lipinski definition) is 0. The Morgan fingerprint density at radius 1 is 1.16 bits per heavy atom. The molecule has 5 heteroatoms. The highest BCUT2D eigenvalue weighted by atomic mass is 16.5. The van der Waals surface area contributed by atoms with Crippen LogP contribution in [0.15, 0.2) is 30.3 Å². The van der Waals surface area contributed by atoms with Gasteiger partial charge in [-0.05, 0) is 31.2 Å². The molecule has 0 bridgehead atoms. The van der Waals surface area contributed by atoms with E-state index in [9.17, 15) is 9.59 Å². The van der Waals surface area contributed by atoms with E-state index < -0.39 is 0 Å². The van der Waals surface area contributed by atoms with E-state index >= 15 is 0 Å². The molecule has 1 aromatic rings. The van der Waals surface area contributed by atoms with Crippen LogP contribution < -0.4 is 0 Å². The molecule has 2 aliphatic rings. The van der Waals surface area contributed by atoms with Crippen molar-refractivity contribution >= 4 is 11.8 Å². The lowest BCUT2D eigenvalue weighted by Gasteiger charge is -2.34. The lowest BCUT2D eigenvalue weighted by molar-refractivity contribution is -0.143. The van der Waals surface area contributed by atoms with Crippen molar-refractivity contribution in [3.8, 4) is 0 Å². The van der Waals surface area contributed by atoms with Crippen molar-refractivity contribution in [1.29, 1.82) is 0 Å². The average Bonchev–Trinajstić information content (AvgIpc) is 2.93. The predicted molar refractivity (Wildman–Crippen MR) is 96.1 cm³/mol. The number of amides is 2. The van der Waals surface area contributed by atoms with Gasteiger partial charge in [0.2, 0.25) is 11.8 Å². The first-order valence-corrected chi connectivity index (χ1v) is 9.42. The second kappa shape index (κ2) is 8.99. The number of nitrogens with zero attached hydrogens (tertiary/aromatic N) is 2. The fourth-order valence-corrected chi connectivity index (χ4v) is 3.68. The van der Waals surface area contributed by atoms with Gasteiger partial charge in [0.1, 0.15) is 0 Å². The fourth-order valence-electron chi connectivity index (χ4n) is 3.68. The van der Waals surface area contributed by atoms with Crippen LogP contribution in [0, 0.1) is 5.92 Å². The number of ether oxygens (including phenoxy) is 1. The Kier molecular flexibility index (Phi) is 6.45. The molecule has 25 heavy (non-hydrogen) atoms. The third-order valence-electron chi connectivity index (χ3n) is 5.12. The molecule has 0 saturated carbocycles. The molecule has 136 valence electrons. The zero-order chi connectivity index (χ0) is 17.5. The first-order chi connectivity index (χ1) is 12.2. The molecular formula is C20H28N2O3. The summed E-state index contributed by atoms with van der Waals surface area (Å²) in [5.74, 6) is 0.342. The van der Waals surface area contributed by atoms with Gasteiger partial charge in [-0.1, -0.05) is 30.3 Å². The van der Waals surface area contributed by atoms with Gasteiger partial charge >= 0.3 is 0 Å². The lowest BCUT2D eigenvalue weighted by Crippen LogP contribution is -2.47. The molecular weight excluding hydrogens is 316 g/mol. The van der Waals surface area contributed by atoms with Crippen molar-refractivity contribution in [1.82, 2.24) is 9.80 Å². The van der Waals surface area contributed by atoms with E-state index in [1.807, 2.05) is 28.0 Å². The molecule has 0 unspecified atom stereocenters. The first-order valence-electron chi connectivity index (χ1n) is 9.42. The Morgan fingerprint density at radius 2 is 2.00 bits per heavy atom.